The van der Waals surface area contributed by atoms with Crippen molar-refractivity contribution in [2.45, 2.75) is 38.1 Å². The second-order valence-corrected chi connectivity index (χ2v) is 6.58. The molecule has 4 nitrogen and oxygen atoms in total. The van der Waals surface area contributed by atoms with Gasteiger partial charge in [0.05, 0.1) is 5.69 Å². The van der Waals surface area contributed by atoms with Gasteiger partial charge < -0.3 is 0 Å². The minimum absolute atomic E-state index is 0.249. The number of rotatable bonds is 1. The normalized spacial score (nSPS) is 13.2. The molecule has 2 heterocycles. The lowest BCUT2D eigenvalue weighted by molar-refractivity contribution is 0.521. The number of aromatic nitrogens is 2. The maximum absolute atomic E-state index is 13.6. The van der Waals surface area contributed by atoms with Gasteiger partial charge in [0.15, 0.2) is 5.03 Å². The number of hydrogen-bond acceptors (Lipinski definition) is 3. The zero-order chi connectivity index (χ0) is 13.7. The Bertz CT molecular complexity index is 711. The largest absolute Gasteiger partial charge is 0.350 e. The Kier molecular flexibility index (Phi) is 2.73. The smallest absolute Gasteiger partial charge is 0.285 e. The van der Waals surface area contributed by atoms with E-state index in [4.69, 9.17) is 0 Å². The molecular formula is C12H15FN2O2S. The number of aryl methyl sites for hydroxylation is 1. The quantitative estimate of drug-likeness (QED) is 0.748. The van der Waals surface area contributed by atoms with E-state index in [0.717, 1.165) is 0 Å². The van der Waals surface area contributed by atoms with E-state index in [1.807, 2.05) is 0 Å². The van der Waals surface area contributed by atoms with Crippen molar-refractivity contribution < 1.29 is 12.3 Å². The Labute approximate surface area is 106 Å². The highest BCUT2D eigenvalue weighted by molar-refractivity contribution is 7.86. The Morgan fingerprint density at radius 3 is 2.39 bits per heavy atom. The number of halogens is 1. The second-order valence-electron chi connectivity index (χ2n) is 5.31. The van der Waals surface area contributed by atoms with Gasteiger partial charge in [0.25, 0.3) is 0 Å². The standard InChI is InChI=1S/C12H15FN2O2S/c1-8-6-5-7-9-14-10(12(2,3)4)11(15(8)9)18(13,16)17/h5-7H,1-4H3. The zero-order valence-electron chi connectivity index (χ0n) is 10.7. The highest BCUT2D eigenvalue weighted by Gasteiger charge is 2.32. The number of imidazole rings is 1. The monoisotopic (exact) mass is 270 g/mol. The van der Waals surface area contributed by atoms with Gasteiger partial charge in [0.2, 0.25) is 0 Å². The molecule has 0 radical (unpaired) electrons. The number of pyridine rings is 1. The van der Waals surface area contributed by atoms with Crippen LogP contribution < -0.4 is 0 Å². The average molecular weight is 270 g/mol. The van der Waals surface area contributed by atoms with Crippen LogP contribution in [0.15, 0.2) is 23.2 Å². The third-order valence-electron chi connectivity index (χ3n) is 2.74. The molecule has 0 fully saturated rings. The van der Waals surface area contributed by atoms with Gasteiger partial charge in [0.1, 0.15) is 5.65 Å². The first kappa shape index (κ1) is 13.0. The molecule has 0 aromatic carbocycles. The first-order valence-corrected chi connectivity index (χ1v) is 6.94. The van der Waals surface area contributed by atoms with Gasteiger partial charge in [-0.1, -0.05) is 30.7 Å². The van der Waals surface area contributed by atoms with E-state index in [2.05, 4.69) is 4.98 Å². The minimum atomic E-state index is -4.82. The van der Waals surface area contributed by atoms with E-state index >= 15 is 0 Å². The summed E-state index contributed by atoms with van der Waals surface area (Å²) in [5.41, 5.74) is 0.773. The van der Waals surface area contributed by atoms with Crippen LogP contribution in [0.3, 0.4) is 0 Å². The van der Waals surface area contributed by atoms with Crippen LogP contribution in [-0.4, -0.2) is 17.8 Å². The van der Waals surface area contributed by atoms with Crippen molar-refractivity contribution in [1.82, 2.24) is 9.38 Å². The summed E-state index contributed by atoms with van der Waals surface area (Å²) >= 11 is 0. The van der Waals surface area contributed by atoms with Crippen LogP contribution in [0.5, 0.6) is 0 Å². The van der Waals surface area contributed by atoms with E-state index in [0.29, 0.717) is 11.3 Å². The lowest BCUT2D eigenvalue weighted by Gasteiger charge is -2.16. The summed E-state index contributed by atoms with van der Waals surface area (Å²) in [5.74, 6) is 0. The van der Waals surface area contributed by atoms with Crippen molar-refractivity contribution in [2.75, 3.05) is 0 Å². The van der Waals surface area contributed by atoms with E-state index < -0.39 is 15.6 Å². The molecule has 0 amide bonds. The fourth-order valence-electron chi connectivity index (χ4n) is 1.94. The molecule has 18 heavy (non-hydrogen) atoms. The lowest BCUT2D eigenvalue weighted by Crippen LogP contribution is -2.16. The molecular weight excluding hydrogens is 255 g/mol. The van der Waals surface area contributed by atoms with Crippen LogP contribution in [0.4, 0.5) is 3.89 Å². The molecule has 0 aliphatic rings. The Morgan fingerprint density at radius 2 is 1.89 bits per heavy atom. The SMILES string of the molecule is Cc1cccc2nc(C(C)(C)C)c(S(=O)(=O)F)n12. The average Bonchev–Trinajstić information content (AvgIpc) is 2.56. The van der Waals surface area contributed by atoms with Crippen LogP contribution >= 0.6 is 0 Å². The third-order valence-corrected chi connectivity index (χ3v) is 3.58. The Hall–Kier alpha value is -1.43. The summed E-state index contributed by atoms with van der Waals surface area (Å²) in [6.07, 6.45) is 0. The lowest BCUT2D eigenvalue weighted by atomic mass is 9.93. The predicted octanol–water partition coefficient (Wildman–Crippen LogP) is 2.60. The first-order valence-electron chi connectivity index (χ1n) is 5.55. The minimum Gasteiger partial charge on any atom is -0.285 e. The summed E-state index contributed by atoms with van der Waals surface area (Å²) < 4.78 is 37.7. The van der Waals surface area contributed by atoms with Crippen LogP contribution in [0, 0.1) is 6.92 Å². The van der Waals surface area contributed by atoms with Crippen molar-refractivity contribution in [2.24, 2.45) is 0 Å². The molecule has 0 aliphatic heterocycles. The van der Waals surface area contributed by atoms with Gasteiger partial charge >= 0.3 is 10.2 Å². The molecule has 0 unspecified atom stereocenters. The van der Waals surface area contributed by atoms with Crippen molar-refractivity contribution in [1.29, 1.82) is 0 Å². The molecule has 2 aromatic rings. The fourth-order valence-corrected chi connectivity index (χ4v) is 2.97. The predicted molar refractivity (Wildman–Crippen MR) is 66.9 cm³/mol. The van der Waals surface area contributed by atoms with E-state index in [-0.39, 0.29) is 10.7 Å². The van der Waals surface area contributed by atoms with Crippen molar-refractivity contribution >= 4 is 15.9 Å². The number of hydrogen-bond donors (Lipinski definition) is 0. The molecule has 0 N–H and O–H groups in total. The van der Waals surface area contributed by atoms with Crippen LogP contribution in [0.25, 0.3) is 5.65 Å². The summed E-state index contributed by atoms with van der Waals surface area (Å²) in [5, 5.41) is -0.358. The van der Waals surface area contributed by atoms with Crippen LogP contribution in [0.1, 0.15) is 32.2 Å². The van der Waals surface area contributed by atoms with E-state index in [1.165, 1.54) is 4.40 Å². The summed E-state index contributed by atoms with van der Waals surface area (Å²) in [4.78, 5) is 4.26. The number of nitrogens with zero attached hydrogens (tertiary/aromatic N) is 2. The summed E-state index contributed by atoms with van der Waals surface area (Å²) in [6.45, 7) is 7.13. The van der Waals surface area contributed by atoms with Gasteiger partial charge in [-0.15, -0.1) is 0 Å². The molecule has 2 aromatic heterocycles. The molecule has 0 atom stereocenters. The molecule has 0 saturated heterocycles. The van der Waals surface area contributed by atoms with E-state index in [9.17, 15) is 12.3 Å². The topological polar surface area (TPSA) is 51.4 Å². The summed E-state index contributed by atoms with van der Waals surface area (Å²) in [7, 11) is -4.82. The van der Waals surface area contributed by atoms with Crippen LogP contribution in [-0.2, 0) is 15.6 Å². The number of fused-ring (bicyclic) bond motifs is 1. The summed E-state index contributed by atoms with van der Waals surface area (Å²) in [6, 6.07) is 5.14. The molecule has 0 bridgehead atoms. The maximum Gasteiger partial charge on any atom is 0.350 e. The Balaban J connectivity index is 3.02. The highest BCUT2D eigenvalue weighted by atomic mass is 32.3. The second kappa shape index (κ2) is 3.78. The van der Waals surface area contributed by atoms with Crippen molar-refractivity contribution in [3.63, 3.8) is 0 Å². The Morgan fingerprint density at radius 1 is 1.28 bits per heavy atom. The first-order chi connectivity index (χ1) is 8.12. The molecule has 0 aliphatic carbocycles. The molecule has 0 spiro atoms. The van der Waals surface area contributed by atoms with Crippen molar-refractivity contribution in [3.8, 4) is 0 Å². The van der Waals surface area contributed by atoms with Gasteiger partial charge in [-0.2, -0.15) is 8.42 Å². The van der Waals surface area contributed by atoms with Crippen molar-refractivity contribution in [3.05, 3.63) is 29.6 Å². The van der Waals surface area contributed by atoms with Gasteiger partial charge in [-0.25, -0.2) is 4.98 Å². The van der Waals surface area contributed by atoms with Gasteiger partial charge in [-0.05, 0) is 19.1 Å². The molecule has 2 rings (SSSR count). The van der Waals surface area contributed by atoms with Gasteiger partial charge in [-0.3, -0.25) is 4.40 Å². The van der Waals surface area contributed by atoms with Crippen LogP contribution in [0.2, 0.25) is 0 Å². The fraction of sp³-hybridized carbons (Fsp3) is 0.417. The van der Waals surface area contributed by atoms with E-state index in [1.54, 1.807) is 45.9 Å². The maximum atomic E-state index is 13.6. The van der Waals surface area contributed by atoms with Gasteiger partial charge in [0, 0.05) is 11.1 Å². The molecule has 0 saturated carbocycles. The highest BCUT2D eigenvalue weighted by Crippen LogP contribution is 2.31. The molecule has 98 valence electrons. The third kappa shape index (κ3) is 2.01. The molecule has 6 heteroatoms. The zero-order valence-corrected chi connectivity index (χ0v) is 11.5.